The molecule has 2 aromatic rings. The van der Waals surface area contributed by atoms with Crippen molar-refractivity contribution in [1.82, 2.24) is 14.7 Å². The van der Waals surface area contributed by atoms with E-state index in [4.69, 9.17) is 0 Å². The molecule has 1 aliphatic carbocycles. The van der Waals surface area contributed by atoms with Crippen LogP contribution in [0.1, 0.15) is 41.0 Å². The molecule has 6 heteroatoms. The lowest BCUT2D eigenvalue weighted by Crippen LogP contribution is -2.46. The van der Waals surface area contributed by atoms with Crippen molar-refractivity contribution in [2.24, 2.45) is 7.05 Å². The van der Waals surface area contributed by atoms with Gasteiger partial charge in [-0.1, -0.05) is 12.8 Å². The monoisotopic (exact) mass is 307 g/mol. The zero-order valence-corrected chi connectivity index (χ0v) is 13.5. The predicted octanol–water partition coefficient (Wildman–Crippen LogP) is 2.32. The summed E-state index contributed by atoms with van der Waals surface area (Å²) < 4.78 is 1.82. The second-order valence-electron chi connectivity index (χ2n) is 5.87. The Hall–Kier alpha value is -1.40. The Bertz CT molecular complexity index is 641. The fourth-order valence-corrected chi connectivity index (χ4v) is 4.28. The van der Waals surface area contributed by atoms with Crippen LogP contribution in [0.25, 0.3) is 10.2 Å². The molecular weight excluding hydrogens is 286 g/mol. The highest BCUT2D eigenvalue weighted by Crippen LogP contribution is 2.30. The van der Waals surface area contributed by atoms with E-state index in [1.54, 1.807) is 11.9 Å². The average Bonchev–Trinajstić information content (AvgIpc) is 3.00. The maximum atomic E-state index is 12.7. The molecule has 0 bridgehead atoms. The smallest absolute Gasteiger partial charge is 0.264 e. The normalized spacial score (nSPS) is 22.7. The number of rotatable bonds is 2. The van der Waals surface area contributed by atoms with Gasteiger partial charge in [0.25, 0.3) is 5.91 Å². The molecule has 5 nitrogen and oxygen atoms in total. The van der Waals surface area contributed by atoms with Gasteiger partial charge in [0.1, 0.15) is 4.83 Å². The molecule has 0 aromatic carbocycles. The highest BCUT2D eigenvalue weighted by atomic mass is 32.1. The Morgan fingerprint density at radius 2 is 2.19 bits per heavy atom. The summed E-state index contributed by atoms with van der Waals surface area (Å²) in [6.45, 7) is 1.96. The minimum absolute atomic E-state index is 0.00144. The molecule has 1 amide bonds. The van der Waals surface area contributed by atoms with Crippen molar-refractivity contribution in [3.63, 3.8) is 0 Å². The topological polar surface area (TPSA) is 58.4 Å². The quantitative estimate of drug-likeness (QED) is 0.926. The van der Waals surface area contributed by atoms with Gasteiger partial charge in [0.2, 0.25) is 0 Å². The average molecular weight is 307 g/mol. The minimum Gasteiger partial charge on any atom is -0.391 e. The summed E-state index contributed by atoms with van der Waals surface area (Å²) in [4.78, 5) is 16.1. The molecule has 114 valence electrons. The summed E-state index contributed by atoms with van der Waals surface area (Å²) in [5.41, 5.74) is 0.947. The Labute approximate surface area is 128 Å². The summed E-state index contributed by atoms with van der Waals surface area (Å²) in [5, 5.41) is 15.5. The number of likely N-dealkylation sites (N-methyl/N-ethyl adjacent to an activating group) is 1. The van der Waals surface area contributed by atoms with Crippen molar-refractivity contribution in [2.45, 2.75) is 44.8 Å². The van der Waals surface area contributed by atoms with E-state index in [1.807, 2.05) is 24.7 Å². The summed E-state index contributed by atoms with van der Waals surface area (Å²) in [6, 6.07) is 1.87. The molecule has 1 aliphatic rings. The molecule has 2 heterocycles. The van der Waals surface area contributed by atoms with Gasteiger partial charge >= 0.3 is 0 Å². The summed E-state index contributed by atoms with van der Waals surface area (Å²) in [6.07, 6.45) is 3.40. The number of hydrogen-bond donors (Lipinski definition) is 1. The van der Waals surface area contributed by atoms with Crippen LogP contribution in [0.5, 0.6) is 0 Å². The molecule has 1 saturated carbocycles. The fourth-order valence-electron chi connectivity index (χ4n) is 3.18. The van der Waals surface area contributed by atoms with E-state index in [0.717, 1.165) is 46.5 Å². The molecule has 2 aromatic heterocycles. The number of fused-ring (bicyclic) bond motifs is 1. The summed E-state index contributed by atoms with van der Waals surface area (Å²) in [7, 11) is 3.70. The van der Waals surface area contributed by atoms with Crippen LogP contribution in [0.15, 0.2) is 6.07 Å². The van der Waals surface area contributed by atoms with Crippen LogP contribution in [-0.2, 0) is 7.05 Å². The minimum atomic E-state index is -0.398. The number of thiophene rings is 1. The first kappa shape index (κ1) is 14.5. The molecule has 0 radical (unpaired) electrons. The van der Waals surface area contributed by atoms with Crippen molar-refractivity contribution in [2.75, 3.05) is 7.05 Å². The third-order valence-corrected chi connectivity index (χ3v) is 5.61. The summed E-state index contributed by atoms with van der Waals surface area (Å²) in [5.74, 6) is 0.00144. The van der Waals surface area contributed by atoms with E-state index in [9.17, 15) is 9.90 Å². The number of aromatic nitrogens is 2. The molecule has 2 unspecified atom stereocenters. The van der Waals surface area contributed by atoms with Crippen LogP contribution in [0.3, 0.4) is 0 Å². The Morgan fingerprint density at radius 1 is 1.48 bits per heavy atom. The van der Waals surface area contributed by atoms with Crippen molar-refractivity contribution >= 4 is 27.5 Å². The number of nitrogens with zero attached hydrogens (tertiary/aromatic N) is 3. The highest BCUT2D eigenvalue weighted by Gasteiger charge is 2.30. The third kappa shape index (κ3) is 2.46. The number of amides is 1. The standard InChI is InChI=1S/C15H21N3O2S/c1-9-10-8-13(21-15(10)18(3)16-9)14(20)17(2)11-6-4-5-7-12(11)19/h8,11-12,19H,4-7H2,1-3H3. The third-order valence-electron chi connectivity index (χ3n) is 4.42. The lowest BCUT2D eigenvalue weighted by atomic mass is 9.91. The van der Waals surface area contributed by atoms with Crippen LogP contribution >= 0.6 is 11.3 Å². The molecule has 0 aliphatic heterocycles. The van der Waals surface area contributed by atoms with Crippen molar-refractivity contribution in [3.8, 4) is 0 Å². The van der Waals surface area contributed by atoms with Gasteiger partial charge in [-0.25, -0.2) is 0 Å². The van der Waals surface area contributed by atoms with Gasteiger partial charge in [-0.15, -0.1) is 11.3 Å². The number of aliphatic hydroxyl groups excluding tert-OH is 1. The highest BCUT2D eigenvalue weighted by molar-refractivity contribution is 7.20. The zero-order valence-electron chi connectivity index (χ0n) is 12.7. The second kappa shape index (κ2) is 5.42. The van der Waals surface area contributed by atoms with Gasteiger partial charge in [0.15, 0.2) is 0 Å². The molecule has 3 rings (SSSR count). The lowest BCUT2D eigenvalue weighted by Gasteiger charge is -2.34. The van der Waals surface area contributed by atoms with Gasteiger partial charge in [-0.05, 0) is 25.8 Å². The first-order valence-corrected chi connectivity index (χ1v) is 8.19. The van der Waals surface area contributed by atoms with Gasteiger partial charge in [0.05, 0.1) is 22.7 Å². The largest absolute Gasteiger partial charge is 0.391 e. The van der Waals surface area contributed by atoms with E-state index in [-0.39, 0.29) is 11.9 Å². The maximum absolute atomic E-state index is 12.7. The number of carbonyl (C=O) groups is 1. The molecule has 0 saturated heterocycles. The first-order chi connectivity index (χ1) is 9.99. The van der Waals surface area contributed by atoms with Crippen LogP contribution in [-0.4, -0.2) is 44.9 Å². The van der Waals surface area contributed by atoms with Gasteiger partial charge in [-0.2, -0.15) is 5.10 Å². The number of aryl methyl sites for hydroxylation is 2. The van der Waals surface area contributed by atoms with Crippen LogP contribution in [0.2, 0.25) is 0 Å². The number of carbonyl (C=O) groups excluding carboxylic acids is 1. The Kier molecular flexibility index (Phi) is 3.75. The van der Waals surface area contributed by atoms with E-state index in [0.29, 0.717) is 0 Å². The fraction of sp³-hybridized carbons (Fsp3) is 0.600. The molecule has 21 heavy (non-hydrogen) atoms. The van der Waals surface area contributed by atoms with Crippen LogP contribution in [0, 0.1) is 6.92 Å². The molecule has 1 fully saturated rings. The van der Waals surface area contributed by atoms with E-state index >= 15 is 0 Å². The predicted molar refractivity (Wildman–Crippen MR) is 83.7 cm³/mol. The number of hydrogen-bond acceptors (Lipinski definition) is 4. The van der Waals surface area contributed by atoms with E-state index in [1.165, 1.54) is 11.3 Å². The molecule has 2 atom stereocenters. The SMILES string of the molecule is Cc1nn(C)c2sc(C(=O)N(C)C3CCCCC3O)cc12. The van der Waals surface area contributed by atoms with E-state index < -0.39 is 6.10 Å². The molecule has 1 N–H and O–H groups in total. The number of aliphatic hydroxyl groups is 1. The lowest BCUT2D eigenvalue weighted by molar-refractivity contribution is 0.0271. The van der Waals surface area contributed by atoms with Gasteiger partial charge < -0.3 is 10.0 Å². The van der Waals surface area contributed by atoms with Crippen molar-refractivity contribution < 1.29 is 9.90 Å². The van der Waals surface area contributed by atoms with Crippen LogP contribution in [0.4, 0.5) is 0 Å². The van der Waals surface area contributed by atoms with E-state index in [2.05, 4.69) is 5.10 Å². The van der Waals surface area contributed by atoms with Gasteiger partial charge in [-0.3, -0.25) is 9.48 Å². The molecular formula is C15H21N3O2S. The first-order valence-electron chi connectivity index (χ1n) is 7.37. The Morgan fingerprint density at radius 3 is 2.86 bits per heavy atom. The van der Waals surface area contributed by atoms with Gasteiger partial charge in [0, 0.05) is 19.5 Å². The van der Waals surface area contributed by atoms with Crippen LogP contribution < -0.4 is 0 Å². The second-order valence-corrected chi connectivity index (χ2v) is 6.90. The van der Waals surface area contributed by atoms with Crippen molar-refractivity contribution in [3.05, 3.63) is 16.6 Å². The Balaban J connectivity index is 1.87. The summed E-state index contributed by atoms with van der Waals surface area (Å²) >= 11 is 1.47. The maximum Gasteiger partial charge on any atom is 0.264 e. The molecule has 0 spiro atoms. The van der Waals surface area contributed by atoms with Crippen molar-refractivity contribution in [1.29, 1.82) is 0 Å². The zero-order chi connectivity index (χ0) is 15.1.